The predicted octanol–water partition coefficient (Wildman–Crippen LogP) is 3.41. The summed E-state index contributed by atoms with van der Waals surface area (Å²) < 4.78 is 3.54. The molecule has 22 heavy (non-hydrogen) atoms. The maximum Gasteiger partial charge on any atom is 0.263 e. The van der Waals surface area contributed by atoms with E-state index in [0.717, 1.165) is 45.5 Å². The van der Waals surface area contributed by atoms with Crippen LogP contribution in [0.5, 0.6) is 0 Å². The summed E-state index contributed by atoms with van der Waals surface area (Å²) >= 11 is 7.15. The van der Waals surface area contributed by atoms with Crippen molar-refractivity contribution >= 4 is 43.5 Å². The van der Waals surface area contributed by atoms with Gasteiger partial charge in [-0.25, -0.2) is 0 Å². The van der Waals surface area contributed by atoms with Crippen LogP contribution in [0.3, 0.4) is 0 Å². The fourth-order valence-corrected chi connectivity index (χ4v) is 3.87. The molecule has 0 fully saturated rings. The monoisotopic (exact) mass is 425 g/mol. The first kappa shape index (κ1) is 15.8. The van der Waals surface area contributed by atoms with Crippen molar-refractivity contribution in [1.29, 1.82) is 0 Å². The van der Waals surface area contributed by atoms with Crippen LogP contribution in [-0.2, 0) is 13.0 Å². The maximum absolute atomic E-state index is 12.9. The molecule has 0 radical (unpaired) electrons. The second-order valence-corrected chi connectivity index (χ2v) is 7.08. The van der Waals surface area contributed by atoms with Gasteiger partial charge in [-0.1, -0.05) is 0 Å². The normalized spacial score (nSPS) is 13.8. The van der Waals surface area contributed by atoms with Gasteiger partial charge in [-0.15, -0.1) is 0 Å². The van der Waals surface area contributed by atoms with E-state index in [0.29, 0.717) is 5.56 Å². The van der Waals surface area contributed by atoms with Gasteiger partial charge in [0.05, 0.1) is 4.47 Å². The highest BCUT2D eigenvalue weighted by atomic mass is 79.9. The standard InChI is InChI=1S/C16H17Br2N3O/c1-20(2)11-5-3-10(4-6-11)16(22)21-13-7-8-19-9-12(13)14(17)15(21)18/h3-6,19H,7-9H2,1-2H3. The zero-order chi connectivity index (χ0) is 15.9. The van der Waals surface area contributed by atoms with E-state index in [4.69, 9.17) is 0 Å². The van der Waals surface area contributed by atoms with Crippen LogP contribution in [0, 0.1) is 0 Å². The minimum atomic E-state index is 0.000955. The number of carbonyl (C=O) groups is 1. The van der Waals surface area contributed by atoms with Gasteiger partial charge in [0.15, 0.2) is 0 Å². The van der Waals surface area contributed by atoms with E-state index >= 15 is 0 Å². The van der Waals surface area contributed by atoms with Gasteiger partial charge in [-0.2, -0.15) is 0 Å². The summed E-state index contributed by atoms with van der Waals surface area (Å²) in [5.74, 6) is 0.000955. The lowest BCUT2D eigenvalue weighted by atomic mass is 10.1. The van der Waals surface area contributed by atoms with Crippen molar-refractivity contribution < 1.29 is 4.79 Å². The molecule has 1 aliphatic heterocycles. The molecule has 0 amide bonds. The summed E-state index contributed by atoms with van der Waals surface area (Å²) in [7, 11) is 3.97. The molecule has 0 aliphatic carbocycles. The number of hydrogen-bond donors (Lipinski definition) is 1. The summed E-state index contributed by atoms with van der Waals surface area (Å²) in [5.41, 5.74) is 4.02. The largest absolute Gasteiger partial charge is 0.378 e. The SMILES string of the molecule is CN(C)c1ccc(C(=O)n2c(Br)c(Br)c3c2CCNC3)cc1. The highest BCUT2D eigenvalue weighted by Gasteiger charge is 2.26. The van der Waals surface area contributed by atoms with Crippen LogP contribution in [0.15, 0.2) is 33.3 Å². The molecule has 0 bridgehead atoms. The molecule has 0 spiro atoms. The molecule has 3 rings (SSSR count). The molecule has 1 aromatic heterocycles. The van der Waals surface area contributed by atoms with E-state index in [1.54, 1.807) is 4.57 Å². The predicted molar refractivity (Wildman–Crippen MR) is 95.7 cm³/mol. The van der Waals surface area contributed by atoms with Gasteiger partial charge in [-0.05, 0) is 56.1 Å². The lowest BCUT2D eigenvalue weighted by Gasteiger charge is -2.17. The Morgan fingerprint density at radius 3 is 2.55 bits per heavy atom. The highest BCUT2D eigenvalue weighted by molar-refractivity contribution is 9.13. The van der Waals surface area contributed by atoms with Crippen LogP contribution < -0.4 is 10.2 Å². The Labute approximate surface area is 146 Å². The minimum absolute atomic E-state index is 0.000955. The van der Waals surface area contributed by atoms with Crippen LogP contribution in [-0.4, -0.2) is 31.1 Å². The first-order valence-electron chi connectivity index (χ1n) is 7.11. The molecule has 0 unspecified atom stereocenters. The summed E-state index contributed by atoms with van der Waals surface area (Å²) in [6.07, 6.45) is 0.848. The molecule has 1 aliphatic rings. The van der Waals surface area contributed by atoms with Gasteiger partial charge in [-0.3, -0.25) is 9.36 Å². The van der Waals surface area contributed by atoms with E-state index < -0.39 is 0 Å². The first-order chi connectivity index (χ1) is 10.5. The molecule has 1 aromatic carbocycles. The maximum atomic E-state index is 12.9. The molecular formula is C16H17Br2N3O. The van der Waals surface area contributed by atoms with Crippen molar-refractivity contribution in [2.45, 2.75) is 13.0 Å². The van der Waals surface area contributed by atoms with Crippen molar-refractivity contribution in [2.75, 3.05) is 25.5 Å². The summed E-state index contributed by atoms with van der Waals surface area (Å²) in [6.45, 7) is 1.68. The number of aromatic nitrogens is 1. The summed E-state index contributed by atoms with van der Waals surface area (Å²) in [6, 6.07) is 7.69. The Hall–Kier alpha value is -1.11. The molecule has 2 aromatic rings. The fraction of sp³-hybridized carbons (Fsp3) is 0.312. The second kappa shape index (κ2) is 6.18. The molecule has 1 N–H and O–H groups in total. The van der Waals surface area contributed by atoms with Crippen molar-refractivity contribution in [2.24, 2.45) is 0 Å². The average Bonchev–Trinajstić information content (AvgIpc) is 2.79. The van der Waals surface area contributed by atoms with Crippen LogP contribution in [0.2, 0.25) is 0 Å². The molecule has 0 saturated heterocycles. The summed E-state index contributed by atoms with van der Waals surface area (Å²) in [5, 5.41) is 3.34. The van der Waals surface area contributed by atoms with Gasteiger partial charge in [0, 0.05) is 56.1 Å². The number of rotatable bonds is 2. The number of hydrogen-bond acceptors (Lipinski definition) is 3. The molecule has 116 valence electrons. The van der Waals surface area contributed by atoms with Crippen LogP contribution in [0.25, 0.3) is 0 Å². The van der Waals surface area contributed by atoms with Crippen molar-refractivity contribution in [3.63, 3.8) is 0 Å². The molecule has 0 atom stereocenters. The molecule has 6 heteroatoms. The second-order valence-electron chi connectivity index (χ2n) is 5.54. The zero-order valence-electron chi connectivity index (χ0n) is 12.5. The fourth-order valence-electron chi connectivity index (χ4n) is 2.71. The number of nitrogens with one attached hydrogen (secondary N) is 1. The Bertz CT molecular complexity index is 720. The van der Waals surface area contributed by atoms with Gasteiger partial charge in [0.25, 0.3) is 5.91 Å². The first-order valence-corrected chi connectivity index (χ1v) is 8.69. The van der Waals surface area contributed by atoms with E-state index in [-0.39, 0.29) is 5.91 Å². The lowest BCUT2D eigenvalue weighted by molar-refractivity contribution is 0.0954. The van der Waals surface area contributed by atoms with Crippen molar-refractivity contribution in [1.82, 2.24) is 9.88 Å². The quantitative estimate of drug-likeness (QED) is 0.799. The highest BCUT2D eigenvalue weighted by Crippen LogP contribution is 2.35. The minimum Gasteiger partial charge on any atom is -0.378 e. The number of benzene rings is 1. The molecular weight excluding hydrogens is 410 g/mol. The summed E-state index contributed by atoms with van der Waals surface area (Å²) in [4.78, 5) is 14.9. The molecule has 0 saturated carbocycles. The van der Waals surface area contributed by atoms with Crippen LogP contribution in [0.4, 0.5) is 5.69 Å². The third-order valence-corrected chi connectivity index (χ3v) is 6.07. The number of halogens is 2. The third kappa shape index (κ3) is 2.64. The van der Waals surface area contributed by atoms with Gasteiger partial charge in [0.1, 0.15) is 4.60 Å². The number of nitrogens with zero attached hydrogens (tertiary/aromatic N) is 2. The zero-order valence-corrected chi connectivity index (χ0v) is 15.7. The van der Waals surface area contributed by atoms with Crippen molar-refractivity contribution in [3.05, 3.63) is 50.2 Å². The average molecular weight is 427 g/mol. The number of fused-ring (bicyclic) bond motifs is 1. The third-order valence-electron chi connectivity index (χ3n) is 3.93. The number of anilines is 1. The Balaban J connectivity index is 2.02. The van der Waals surface area contributed by atoms with Gasteiger partial charge < -0.3 is 10.2 Å². The Kier molecular flexibility index (Phi) is 4.43. The van der Waals surface area contributed by atoms with Gasteiger partial charge in [0.2, 0.25) is 0 Å². The van der Waals surface area contributed by atoms with Crippen molar-refractivity contribution in [3.8, 4) is 0 Å². The Morgan fingerprint density at radius 2 is 1.91 bits per heavy atom. The van der Waals surface area contributed by atoms with Crippen LogP contribution >= 0.6 is 31.9 Å². The lowest BCUT2D eigenvalue weighted by Crippen LogP contribution is -2.26. The molecule has 4 nitrogen and oxygen atoms in total. The molecule has 2 heterocycles. The van der Waals surface area contributed by atoms with E-state index in [1.165, 1.54) is 0 Å². The van der Waals surface area contributed by atoms with E-state index in [9.17, 15) is 4.79 Å². The van der Waals surface area contributed by atoms with Gasteiger partial charge >= 0.3 is 0 Å². The van der Waals surface area contributed by atoms with E-state index in [2.05, 4.69) is 37.2 Å². The smallest absolute Gasteiger partial charge is 0.263 e. The number of carbonyl (C=O) groups excluding carboxylic acids is 1. The van der Waals surface area contributed by atoms with Crippen LogP contribution in [0.1, 0.15) is 21.6 Å². The Morgan fingerprint density at radius 1 is 1.23 bits per heavy atom. The topological polar surface area (TPSA) is 37.3 Å². The van der Waals surface area contributed by atoms with E-state index in [1.807, 2.05) is 43.3 Å².